The van der Waals surface area contributed by atoms with Crippen LogP contribution >= 0.6 is 15.9 Å². The average molecular weight is 635 g/mol. The second-order valence-electron chi connectivity index (χ2n) is 11.5. The molecule has 0 bridgehead atoms. The topological polar surface area (TPSA) is 123 Å². The lowest BCUT2D eigenvalue weighted by atomic mass is 10.0. The number of hydrogen-bond acceptors (Lipinski definition) is 7. The molecule has 1 N–H and O–H groups in total. The summed E-state index contributed by atoms with van der Waals surface area (Å²) in [6, 6.07) is 2.36. The van der Waals surface area contributed by atoms with E-state index in [0.29, 0.717) is 45.7 Å². The lowest BCUT2D eigenvalue weighted by Crippen LogP contribution is -2.46. The van der Waals surface area contributed by atoms with Gasteiger partial charge in [0.15, 0.2) is 11.6 Å². The molecular weight excluding hydrogens is 605 g/mol. The van der Waals surface area contributed by atoms with Crippen LogP contribution in [0.5, 0.6) is 0 Å². The number of nitrogens with zero attached hydrogens (tertiary/aromatic N) is 6. The lowest BCUT2D eigenvalue weighted by Gasteiger charge is -2.27. The Hall–Kier alpha value is -4.06. The quantitative estimate of drug-likeness (QED) is 0.236. The van der Waals surface area contributed by atoms with Crippen molar-refractivity contribution in [3.8, 4) is 11.3 Å². The van der Waals surface area contributed by atoms with Crippen molar-refractivity contribution in [2.45, 2.75) is 66.1 Å². The van der Waals surface area contributed by atoms with Gasteiger partial charge in [0.2, 0.25) is 11.8 Å². The van der Waals surface area contributed by atoms with Crippen LogP contribution in [0.1, 0.15) is 54.1 Å². The first-order valence-corrected chi connectivity index (χ1v) is 14.4. The number of fused-ring (bicyclic) bond motifs is 2. The minimum atomic E-state index is -0.701. The molecule has 4 aromatic rings. The highest BCUT2D eigenvalue weighted by molar-refractivity contribution is 9.10. The number of pyridine rings is 2. The average Bonchev–Trinajstić information content (AvgIpc) is 3.28. The third kappa shape index (κ3) is 4.77. The molecule has 10 nitrogen and oxygen atoms in total. The highest BCUT2D eigenvalue weighted by Gasteiger charge is 2.64. The monoisotopic (exact) mass is 633 g/mol. The number of anilines is 1. The molecule has 1 aliphatic heterocycles. The fourth-order valence-electron chi connectivity index (χ4n) is 6.07. The van der Waals surface area contributed by atoms with Crippen molar-refractivity contribution < 1.29 is 18.8 Å². The smallest absolute Gasteiger partial charge is 0.248 e. The molecule has 216 valence electrons. The standard InChI is InChI=1S/C30H29BrFN7O3/c1-14-6-21(32)27(31)36-28(14)37-29(42)23-8-30(5)9-24(30)39(23)25(41)13-38-12-20(16(3)40)19-7-22(35-15(2)26(19)38)18-10-33-17(4)34-11-18/h6-7,10-12,23-24H,8-9,13H2,1-5H3,(H,36,37,42)/t23-,24+,30-/m0/s1. The Morgan fingerprint density at radius 2 is 1.83 bits per heavy atom. The number of hydrogen-bond donors (Lipinski definition) is 1. The van der Waals surface area contributed by atoms with Gasteiger partial charge < -0.3 is 14.8 Å². The molecule has 3 atom stereocenters. The Balaban J connectivity index is 1.31. The second-order valence-corrected chi connectivity index (χ2v) is 12.3. The Kier molecular flexibility index (Phi) is 6.71. The summed E-state index contributed by atoms with van der Waals surface area (Å²) in [6.07, 6.45) is 6.41. The maximum atomic E-state index is 13.9. The summed E-state index contributed by atoms with van der Waals surface area (Å²) in [5.74, 6) is -0.368. The van der Waals surface area contributed by atoms with Gasteiger partial charge in [-0.3, -0.25) is 19.4 Å². The van der Waals surface area contributed by atoms with Gasteiger partial charge in [0.05, 0.1) is 16.9 Å². The molecule has 5 heterocycles. The first-order valence-electron chi connectivity index (χ1n) is 13.6. The van der Waals surface area contributed by atoms with Gasteiger partial charge in [-0.05, 0) is 79.6 Å². The molecule has 2 aliphatic rings. The third-order valence-electron chi connectivity index (χ3n) is 8.38. The van der Waals surface area contributed by atoms with E-state index in [2.05, 4.69) is 43.1 Å². The Morgan fingerprint density at radius 3 is 2.52 bits per heavy atom. The largest absolute Gasteiger partial charge is 0.336 e. The highest BCUT2D eigenvalue weighted by atomic mass is 79.9. The molecule has 42 heavy (non-hydrogen) atoms. The Bertz CT molecular complexity index is 1810. The maximum Gasteiger partial charge on any atom is 0.248 e. The molecular formula is C30H29BrFN7O3. The lowest BCUT2D eigenvalue weighted by molar-refractivity contribution is -0.138. The van der Waals surface area contributed by atoms with Gasteiger partial charge in [0.1, 0.15) is 28.8 Å². The van der Waals surface area contributed by atoms with E-state index in [1.54, 1.807) is 41.9 Å². The molecule has 6 rings (SSSR count). The number of piperidine rings is 1. The van der Waals surface area contributed by atoms with E-state index in [9.17, 15) is 18.8 Å². The SMILES string of the molecule is CC(=O)c1cn(CC(=O)N2[C@H](C(=O)Nc3nc(Br)c(F)cc3C)C[C@@]3(C)C[C@@H]23)c2c(C)nc(-c3cnc(C)nc3)cc12. The molecule has 1 saturated heterocycles. The van der Waals surface area contributed by atoms with Crippen LogP contribution in [0.3, 0.4) is 0 Å². The van der Waals surface area contributed by atoms with Crippen molar-refractivity contribution in [2.24, 2.45) is 5.41 Å². The molecule has 1 saturated carbocycles. The zero-order valence-corrected chi connectivity index (χ0v) is 25.4. The van der Waals surface area contributed by atoms with Crippen LogP contribution in [0.15, 0.2) is 35.3 Å². The first-order chi connectivity index (χ1) is 19.9. The molecule has 0 radical (unpaired) electrons. The predicted octanol–water partition coefficient (Wildman–Crippen LogP) is 4.94. The molecule has 0 spiro atoms. The molecule has 2 fully saturated rings. The van der Waals surface area contributed by atoms with Gasteiger partial charge in [-0.15, -0.1) is 0 Å². The minimum absolute atomic E-state index is 0.000339. The van der Waals surface area contributed by atoms with Crippen LogP contribution in [0.25, 0.3) is 22.2 Å². The number of aromatic nitrogens is 5. The van der Waals surface area contributed by atoms with E-state index in [-0.39, 0.29) is 46.0 Å². The molecule has 2 amide bonds. The molecule has 0 unspecified atom stereocenters. The van der Waals surface area contributed by atoms with Crippen molar-refractivity contribution >= 4 is 50.2 Å². The zero-order chi connectivity index (χ0) is 30.1. The van der Waals surface area contributed by atoms with E-state index in [1.807, 2.05) is 13.0 Å². The van der Waals surface area contributed by atoms with Crippen molar-refractivity contribution in [1.82, 2.24) is 29.4 Å². The van der Waals surface area contributed by atoms with Crippen LogP contribution in [0.2, 0.25) is 0 Å². The minimum Gasteiger partial charge on any atom is -0.336 e. The number of carbonyl (C=O) groups excluding carboxylic acids is 3. The first kappa shape index (κ1) is 28.1. The van der Waals surface area contributed by atoms with Crippen LogP contribution in [0, 0.1) is 32.0 Å². The summed E-state index contributed by atoms with van der Waals surface area (Å²) in [5, 5.41) is 3.49. The fourth-order valence-corrected chi connectivity index (χ4v) is 6.37. The molecule has 4 aromatic heterocycles. The van der Waals surface area contributed by atoms with E-state index in [1.165, 1.54) is 13.0 Å². The van der Waals surface area contributed by atoms with Gasteiger partial charge in [0.25, 0.3) is 0 Å². The number of ketones is 1. The van der Waals surface area contributed by atoms with Crippen molar-refractivity contribution in [3.05, 3.63) is 63.8 Å². The van der Waals surface area contributed by atoms with E-state index in [0.717, 1.165) is 12.0 Å². The Labute approximate surface area is 249 Å². The summed E-state index contributed by atoms with van der Waals surface area (Å²) in [5.41, 5.74) is 3.50. The number of carbonyl (C=O) groups is 3. The van der Waals surface area contributed by atoms with E-state index < -0.39 is 11.9 Å². The van der Waals surface area contributed by atoms with Crippen LogP contribution < -0.4 is 5.32 Å². The highest BCUT2D eigenvalue weighted by Crippen LogP contribution is 2.59. The summed E-state index contributed by atoms with van der Waals surface area (Å²) >= 11 is 3.07. The fraction of sp³-hybridized carbons (Fsp3) is 0.367. The van der Waals surface area contributed by atoms with Crippen LogP contribution in [-0.4, -0.2) is 59.1 Å². The number of Topliss-reactive ketones (excluding diaryl/α,β-unsaturated/α-hetero) is 1. The number of likely N-dealkylation sites (tertiary alicyclic amines) is 1. The molecule has 1 aliphatic carbocycles. The number of amides is 2. The van der Waals surface area contributed by atoms with Gasteiger partial charge in [-0.2, -0.15) is 0 Å². The molecule has 0 aromatic carbocycles. The summed E-state index contributed by atoms with van der Waals surface area (Å²) in [6.45, 7) is 8.81. The Morgan fingerprint density at radius 1 is 1.12 bits per heavy atom. The van der Waals surface area contributed by atoms with Gasteiger partial charge >= 0.3 is 0 Å². The van der Waals surface area contributed by atoms with Gasteiger partial charge in [-0.1, -0.05) is 6.92 Å². The number of rotatable bonds is 6. The third-order valence-corrected chi connectivity index (χ3v) is 8.94. The second kappa shape index (κ2) is 10.0. The van der Waals surface area contributed by atoms with Crippen LogP contribution in [0.4, 0.5) is 10.2 Å². The van der Waals surface area contributed by atoms with Crippen molar-refractivity contribution in [3.63, 3.8) is 0 Å². The van der Waals surface area contributed by atoms with Gasteiger partial charge in [0, 0.05) is 41.1 Å². The number of aryl methyl sites for hydroxylation is 3. The van der Waals surface area contributed by atoms with Gasteiger partial charge in [-0.25, -0.2) is 19.3 Å². The van der Waals surface area contributed by atoms with E-state index in [4.69, 9.17) is 4.98 Å². The predicted molar refractivity (Wildman–Crippen MR) is 157 cm³/mol. The maximum absolute atomic E-state index is 13.9. The number of nitrogens with one attached hydrogen (secondary N) is 1. The summed E-state index contributed by atoms with van der Waals surface area (Å²) < 4.78 is 15.6. The summed E-state index contributed by atoms with van der Waals surface area (Å²) in [4.78, 5) is 59.1. The normalized spacial score (nSPS) is 21.0. The van der Waals surface area contributed by atoms with E-state index >= 15 is 0 Å². The van der Waals surface area contributed by atoms with Crippen LogP contribution in [-0.2, 0) is 16.1 Å². The molecule has 12 heteroatoms. The van der Waals surface area contributed by atoms with Crippen molar-refractivity contribution in [1.29, 1.82) is 0 Å². The van der Waals surface area contributed by atoms with Crippen molar-refractivity contribution in [2.75, 3.05) is 5.32 Å². The zero-order valence-electron chi connectivity index (χ0n) is 23.8. The summed E-state index contributed by atoms with van der Waals surface area (Å²) in [7, 11) is 0. The number of halogens is 2.